The molecule has 1 amide bonds. The molecule has 0 aromatic carbocycles. The van der Waals surface area contributed by atoms with Crippen molar-refractivity contribution in [3.8, 4) is 6.07 Å². The largest absolute Gasteiger partial charge is 0.334 e. The van der Waals surface area contributed by atoms with Gasteiger partial charge in [-0.3, -0.25) is 4.79 Å². The fourth-order valence-corrected chi connectivity index (χ4v) is 2.24. The fraction of sp³-hybridized carbons (Fsp3) is 0.462. The molecule has 2 rings (SSSR count). The molecule has 0 aliphatic carbocycles. The van der Waals surface area contributed by atoms with Crippen LogP contribution in [0.2, 0.25) is 0 Å². The third kappa shape index (κ3) is 2.66. The highest BCUT2D eigenvalue weighted by atomic mass is 16.2. The normalized spacial score (nSPS) is 23.5. The Morgan fingerprint density at radius 2 is 2.11 bits per heavy atom. The summed E-state index contributed by atoms with van der Waals surface area (Å²) in [6.45, 7) is 5.49. The molecule has 2 unspecified atom stereocenters. The summed E-state index contributed by atoms with van der Waals surface area (Å²) in [5.41, 5.74) is 0.865. The summed E-state index contributed by atoms with van der Waals surface area (Å²) in [5.74, 6) is -0.0697. The first-order valence-corrected chi connectivity index (χ1v) is 6.01. The molecule has 1 saturated heterocycles. The van der Waals surface area contributed by atoms with Crippen LogP contribution in [0.1, 0.15) is 29.9 Å². The van der Waals surface area contributed by atoms with Gasteiger partial charge in [0.15, 0.2) is 0 Å². The van der Waals surface area contributed by atoms with E-state index in [1.807, 2.05) is 6.07 Å². The number of pyridine rings is 1. The third-order valence-corrected chi connectivity index (χ3v) is 2.96. The molecule has 5 nitrogen and oxygen atoms in total. The number of amides is 1. The average Bonchev–Trinajstić information content (AvgIpc) is 2.37. The van der Waals surface area contributed by atoms with Crippen LogP contribution in [0.25, 0.3) is 0 Å². The third-order valence-electron chi connectivity index (χ3n) is 2.96. The van der Waals surface area contributed by atoms with Gasteiger partial charge in [0, 0.05) is 31.4 Å². The molecule has 18 heavy (non-hydrogen) atoms. The molecule has 94 valence electrons. The number of piperazine rings is 1. The van der Waals surface area contributed by atoms with Crippen LogP contribution in [0.3, 0.4) is 0 Å². The lowest BCUT2D eigenvalue weighted by atomic mass is 10.1. The van der Waals surface area contributed by atoms with Crippen LogP contribution in [0.5, 0.6) is 0 Å². The van der Waals surface area contributed by atoms with E-state index in [1.54, 1.807) is 17.0 Å². The summed E-state index contributed by atoms with van der Waals surface area (Å²) in [7, 11) is 0. The molecule has 0 bridgehead atoms. The van der Waals surface area contributed by atoms with Gasteiger partial charge in [-0.15, -0.1) is 0 Å². The Kier molecular flexibility index (Phi) is 3.58. The van der Waals surface area contributed by atoms with Crippen molar-refractivity contribution in [2.24, 2.45) is 0 Å². The number of nitriles is 1. The molecular formula is C13H16N4O. The van der Waals surface area contributed by atoms with Crippen LogP contribution in [0.15, 0.2) is 18.3 Å². The summed E-state index contributed by atoms with van der Waals surface area (Å²) >= 11 is 0. The number of rotatable bonds is 1. The maximum absolute atomic E-state index is 12.2. The van der Waals surface area contributed by atoms with Crippen LogP contribution in [0.4, 0.5) is 0 Å². The van der Waals surface area contributed by atoms with E-state index in [4.69, 9.17) is 5.26 Å². The first-order valence-electron chi connectivity index (χ1n) is 6.01. The van der Waals surface area contributed by atoms with Crippen molar-refractivity contribution in [3.63, 3.8) is 0 Å². The summed E-state index contributed by atoms with van der Waals surface area (Å²) < 4.78 is 0. The lowest BCUT2D eigenvalue weighted by Gasteiger charge is -2.35. The molecule has 1 aromatic rings. The molecule has 1 aromatic heterocycles. The zero-order valence-corrected chi connectivity index (χ0v) is 10.6. The SMILES string of the molecule is CC1CN(C(=O)c2ccc(C#N)cn2)CC(C)N1. The van der Waals surface area contributed by atoms with E-state index in [0.29, 0.717) is 24.3 Å². The topological polar surface area (TPSA) is 69.0 Å². The minimum atomic E-state index is -0.0697. The van der Waals surface area contributed by atoms with Crippen LogP contribution in [0, 0.1) is 11.3 Å². The number of hydrogen-bond acceptors (Lipinski definition) is 4. The van der Waals surface area contributed by atoms with Crippen molar-refractivity contribution >= 4 is 5.91 Å². The molecular weight excluding hydrogens is 228 g/mol. The van der Waals surface area contributed by atoms with Gasteiger partial charge in [0.25, 0.3) is 5.91 Å². The number of carbonyl (C=O) groups is 1. The van der Waals surface area contributed by atoms with Crippen molar-refractivity contribution in [1.82, 2.24) is 15.2 Å². The Morgan fingerprint density at radius 3 is 2.61 bits per heavy atom. The second kappa shape index (κ2) is 5.15. The van der Waals surface area contributed by atoms with Crippen LogP contribution in [-0.4, -0.2) is 41.0 Å². The molecule has 0 saturated carbocycles. The standard InChI is InChI=1S/C13H16N4O/c1-9-7-17(8-10(2)16-9)13(18)12-4-3-11(5-14)6-15-12/h3-4,6,9-10,16H,7-8H2,1-2H3. The van der Waals surface area contributed by atoms with Gasteiger partial charge in [-0.25, -0.2) is 4.98 Å². The highest BCUT2D eigenvalue weighted by Gasteiger charge is 2.25. The van der Waals surface area contributed by atoms with Crippen LogP contribution < -0.4 is 5.32 Å². The second-order valence-electron chi connectivity index (χ2n) is 4.72. The number of nitrogens with one attached hydrogen (secondary N) is 1. The molecule has 5 heteroatoms. The van der Waals surface area contributed by atoms with Gasteiger partial charge in [0.05, 0.1) is 5.56 Å². The van der Waals surface area contributed by atoms with E-state index in [2.05, 4.69) is 24.1 Å². The Balaban J connectivity index is 2.12. The van der Waals surface area contributed by atoms with Crippen LogP contribution in [-0.2, 0) is 0 Å². The Morgan fingerprint density at radius 1 is 1.44 bits per heavy atom. The average molecular weight is 244 g/mol. The summed E-state index contributed by atoms with van der Waals surface area (Å²) in [6.07, 6.45) is 1.43. The predicted octanol–water partition coefficient (Wildman–Crippen LogP) is 0.776. The minimum Gasteiger partial charge on any atom is -0.334 e. The van der Waals surface area contributed by atoms with Crippen molar-refractivity contribution in [1.29, 1.82) is 5.26 Å². The maximum atomic E-state index is 12.2. The van der Waals surface area contributed by atoms with Crippen molar-refractivity contribution < 1.29 is 4.79 Å². The van der Waals surface area contributed by atoms with Gasteiger partial charge >= 0.3 is 0 Å². The zero-order valence-electron chi connectivity index (χ0n) is 10.6. The lowest BCUT2D eigenvalue weighted by molar-refractivity contribution is 0.0668. The van der Waals surface area contributed by atoms with Gasteiger partial charge in [-0.1, -0.05) is 0 Å². The molecule has 1 aliphatic heterocycles. The van der Waals surface area contributed by atoms with Crippen molar-refractivity contribution in [2.45, 2.75) is 25.9 Å². The number of carbonyl (C=O) groups excluding carboxylic acids is 1. The summed E-state index contributed by atoms with van der Waals surface area (Å²) in [4.78, 5) is 18.1. The first-order chi connectivity index (χ1) is 8.60. The number of aromatic nitrogens is 1. The monoisotopic (exact) mass is 244 g/mol. The lowest BCUT2D eigenvalue weighted by Crippen LogP contribution is -2.55. The van der Waals surface area contributed by atoms with Gasteiger partial charge < -0.3 is 10.2 Å². The first kappa shape index (κ1) is 12.5. The van der Waals surface area contributed by atoms with Crippen LogP contribution >= 0.6 is 0 Å². The zero-order chi connectivity index (χ0) is 13.1. The van der Waals surface area contributed by atoms with E-state index in [0.717, 1.165) is 0 Å². The molecule has 1 aliphatic rings. The number of nitrogens with zero attached hydrogens (tertiary/aromatic N) is 3. The smallest absolute Gasteiger partial charge is 0.272 e. The van der Waals surface area contributed by atoms with E-state index >= 15 is 0 Å². The molecule has 0 spiro atoms. The summed E-state index contributed by atoms with van der Waals surface area (Å²) in [6, 6.07) is 5.80. The van der Waals surface area contributed by atoms with E-state index in [9.17, 15) is 4.79 Å². The summed E-state index contributed by atoms with van der Waals surface area (Å²) in [5, 5.41) is 12.1. The quantitative estimate of drug-likeness (QED) is 0.792. The second-order valence-corrected chi connectivity index (χ2v) is 4.72. The Hall–Kier alpha value is -1.93. The molecule has 1 N–H and O–H groups in total. The maximum Gasteiger partial charge on any atom is 0.272 e. The Bertz CT molecular complexity index is 467. The Labute approximate surface area is 106 Å². The van der Waals surface area contributed by atoms with Gasteiger partial charge in [-0.2, -0.15) is 5.26 Å². The van der Waals surface area contributed by atoms with Crippen molar-refractivity contribution in [2.75, 3.05) is 13.1 Å². The molecule has 2 heterocycles. The molecule has 1 fully saturated rings. The minimum absolute atomic E-state index is 0.0697. The predicted molar refractivity (Wildman–Crippen MR) is 66.9 cm³/mol. The molecule has 2 atom stereocenters. The number of hydrogen-bond donors (Lipinski definition) is 1. The van der Waals surface area contributed by atoms with Gasteiger partial charge in [-0.05, 0) is 26.0 Å². The molecule has 0 radical (unpaired) electrons. The van der Waals surface area contributed by atoms with E-state index in [1.165, 1.54) is 6.20 Å². The van der Waals surface area contributed by atoms with Gasteiger partial charge in [0.2, 0.25) is 0 Å². The highest BCUT2D eigenvalue weighted by molar-refractivity contribution is 5.92. The van der Waals surface area contributed by atoms with Crippen molar-refractivity contribution in [3.05, 3.63) is 29.6 Å². The van der Waals surface area contributed by atoms with E-state index < -0.39 is 0 Å². The highest BCUT2D eigenvalue weighted by Crippen LogP contribution is 2.09. The fourth-order valence-electron chi connectivity index (χ4n) is 2.24. The van der Waals surface area contributed by atoms with Gasteiger partial charge in [0.1, 0.15) is 11.8 Å². The van der Waals surface area contributed by atoms with E-state index in [-0.39, 0.29) is 18.0 Å².